The second-order valence-corrected chi connectivity index (χ2v) is 3.12. The monoisotopic (exact) mass is 214 g/mol. The van der Waals surface area contributed by atoms with Crippen molar-refractivity contribution in [3.63, 3.8) is 0 Å². The van der Waals surface area contributed by atoms with Gasteiger partial charge < -0.3 is 14.6 Å². The summed E-state index contributed by atoms with van der Waals surface area (Å²) in [5, 5.41) is 9.45. The molecule has 0 bridgehead atoms. The summed E-state index contributed by atoms with van der Waals surface area (Å²) in [6.45, 7) is 1.05. The van der Waals surface area contributed by atoms with Crippen molar-refractivity contribution in [3.8, 4) is 11.5 Å². The largest absolute Gasteiger partial charge is 0.497 e. The van der Waals surface area contributed by atoms with Crippen molar-refractivity contribution < 1.29 is 19.0 Å². The number of rotatable bonds is 5. The topological polar surface area (TPSA) is 38.7 Å². The molecule has 0 aliphatic heterocycles. The van der Waals surface area contributed by atoms with Gasteiger partial charge in [0.1, 0.15) is 24.8 Å². The zero-order valence-electron chi connectivity index (χ0n) is 8.87. The minimum absolute atomic E-state index is 0.0209. The molecular weight excluding hydrogens is 199 g/mol. The van der Waals surface area contributed by atoms with Gasteiger partial charge in [-0.05, 0) is 19.1 Å². The maximum atomic E-state index is 12.0. The van der Waals surface area contributed by atoms with E-state index in [0.29, 0.717) is 17.1 Å². The highest BCUT2D eigenvalue weighted by Crippen LogP contribution is 2.29. The van der Waals surface area contributed by atoms with Crippen LogP contribution in [-0.4, -0.2) is 25.5 Å². The first-order chi connectivity index (χ1) is 7.19. The van der Waals surface area contributed by atoms with E-state index in [1.807, 2.05) is 0 Å². The molecule has 1 aromatic carbocycles. The van der Waals surface area contributed by atoms with Gasteiger partial charge in [0.15, 0.2) is 0 Å². The minimum atomic E-state index is -0.648. The van der Waals surface area contributed by atoms with Crippen molar-refractivity contribution in [2.75, 3.05) is 20.4 Å². The van der Waals surface area contributed by atoms with Crippen LogP contribution in [-0.2, 0) is 0 Å². The number of ether oxygens (including phenoxy) is 2. The molecule has 15 heavy (non-hydrogen) atoms. The van der Waals surface area contributed by atoms with E-state index in [0.717, 1.165) is 0 Å². The van der Waals surface area contributed by atoms with Crippen LogP contribution in [0.1, 0.15) is 18.6 Å². The lowest BCUT2D eigenvalue weighted by molar-refractivity contribution is 0.188. The molecule has 0 aromatic heterocycles. The Balaban J connectivity index is 2.94. The zero-order valence-corrected chi connectivity index (χ0v) is 8.87. The third kappa shape index (κ3) is 3.09. The fraction of sp³-hybridized carbons (Fsp3) is 0.455. The van der Waals surface area contributed by atoms with E-state index in [1.54, 1.807) is 25.1 Å². The smallest absolute Gasteiger partial charge is 0.128 e. The van der Waals surface area contributed by atoms with Gasteiger partial charge in [0.2, 0.25) is 0 Å². The molecule has 84 valence electrons. The number of hydrogen-bond acceptors (Lipinski definition) is 3. The number of benzene rings is 1. The molecule has 0 heterocycles. The van der Waals surface area contributed by atoms with Crippen molar-refractivity contribution in [2.24, 2.45) is 0 Å². The number of hydrogen-bond donors (Lipinski definition) is 1. The SMILES string of the molecule is COc1ccc([C@H](C)O)c(OCCF)c1. The summed E-state index contributed by atoms with van der Waals surface area (Å²) in [6.07, 6.45) is -0.648. The fourth-order valence-electron chi connectivity index (χ4n) is 1.26. The maximum Gasteiger partial charge on any atom is 0.128 e. The highest BCUT2D eigenvalue weighted by Gasteiger charge is 2.10. The van der Waals surface area contributed by atoms with Crippen molar-refractivity contribution in [1.82, 2.24) is 0 Å². The predicted molar refractivity (Wildman–Crippen MR) is 55.1 cm³/mol. The highest BCUT2D eigenvalue weighted by molar-refractivity contribution is 5.41. The van der Waals surface area contributed by atoms with Crippen LogP contribution in [0.5, 0.6) is 11.5 Å². The van der Waals surface area contributed by atoms with E-state index in [2.05, 4.69) is 0 Å². The molecule has 0 fully saturated rings. The molecule has 0 aliphatic carbocycles. The Bertz CT molecular complexity index is 313. The van der Waals surface area contributed by atoms with Gasteiger partial charge in [-0.3, -0.25) is 0 Å². The van der Waals surface area contributed by atoms with Crippen LogP contribution in [0.2, 0.25) is 0 Å². The quantitative estimate of drug-likeness (QED) is 0.815. The number of methoxy groups -OCH3 is 1. The van der Waals surface area contributed by atoms with Gasteiger partial charge in [-0.15, -0.1) is 0 Å². The predicted octanol–water partition coefficient (Wildman–Crippen LogP) is 2.10. The molecule has 4 heteroatoms. The summed E-state index contributed by atoms with van der Waals surface area (Å²) in [4.78, 5) is 0. The second-order valence-electron chi connectivity index (χ2n) is 3.12. The summed E-state index contributed by atoms with van der Waals surface area (Å²) < 4.78 is 22.2. The summed E-state index contributed by atoms with van der Waals surface area (Å²) in [6, 6.07) is 5.07. The Morgan fingerprint density at radius 2 is 2.20 bits per heavy atom. The molecule has 3 nitrogen and oxygen atoms in total. The fourth-order valence-corrected chi connectivity index (χ4v) is 1.26. The molecule has 0 saturated heterocycles. The molecule has 0 radical (unpaired) electrons. The normalized spacial score (nSPS) is 12.3. The first kappa shape index (κ1) is 11.8. The Morgan fingerprint density at radius 1 is 1.47 bits per heavy atom. The lowest BCUT2D eigenvalue weighted by Crippen LogP contribution is -2.03. The summed E-state index contributed by atoms with van der Waals surface area (Å²) in [5.41, 5.74) is 0.629. The first-order valence-electron chi connectivity index (χ1n) is 4.73. The number of aliphatic hydroxyl groups excluding tert-OH is 1. The van der Waals surface area contributed by atoms with Crippen LogP contribution in [0.15, 0.2) is 18.2 Å². The summed E-state index contributed by atoms with van der Waals surface area (Å²) in [7, 11) is 1.54. The number of alkyl halides is 1. The van der Waals surface area contributed by atoms with Crippen LogP contribution in [0.25, 0.3) is 0 Å². The maximum absolute atomic E-state index is 12.0. The molecule has 1 N–H and O–H groups in total. The molecular formula is C11H15FO3. The van der Waals surface area contributed by atoms with Gasteiger partial charge >= 0.3 is 0 Å². The lowest BCUT2D eigenvalue weighted by atomic mass is 10.1. The average molecular weight is 214 g/mol. The van der Waals surface area contributed by atoms with Gasteiger partial charge in [-0.25, -0.2) is 4.39 Å². The molecule has 1 aromatic rings. The van der Waals surface area contributed by atoms with E-state index < -0.39 is 12.8 Å². The molecule has 0 spiro atoms. The van der Waals surface area contributed by atoms with Gasteiger partial charge in [-0.1, -0.05) is 0 Å². The molecule has 0 saturated carbocycles. The Hall–Kier alpha value is -1.29. The molecule has 1 rings (SSSR count). The third-order valence-corrected chi connectivity index (χ3v) is 2.01. The standard InChI is InChI=1S/C11H15FO3/c1-8(13)10-4-3-9(14-2)7-11(10)15-6-5-12/h3-4,7-8,13H,5-6H2,1-2H3/t8-/m0/s1. The van der Waals surface area contributed by atoms with Crippen LogP contribution < -0.4 is 9.47 Å². The van der Waals surface area contributed by atoms with Crippen LogP contribution >= 0.6 is 0 Å². The van der Waals surface area contributed by atoms with Crippen molar-refractivity contribution in [3.05, 3.63) is 23.8 Å². The van der Waals surface area contributed by atoms with Crippen LogP contribution in [0, 0.1) is 0 Å². The minimum Gasteiger partial charge on any atom is -0.497 e. The first-order valence-corrected chi connectivity index (χ1v) is 4.73. The molecule has 1 atom stereocenters. The van der Waals surface area contributed by atoms with Gasteiger partial charge in [0.25, 0.3) is 0 Å². The Labute approximate surface area is 88.4 Å². The molecule has 0 aliphatic rings. The molecule has 0 unspecified atom stereocenters. The second kappa shape index (κ2) is 5.56. The zero-order chi connectivity index (χ0) is 11.3. The van der Waals surface area contributed by atoms with Crippen LogP contribution in [0.3, 0.4) is 0 Å². The van der Waals surface area contributed by atoms with Crippen molar-refractivity contribution >= 4 is 0 Å². The van der Waals surface area contributed by atoms with E-state index in [9.17, 15) is 9.50 Å². The number of aliphatic hydroxyl groups is 1. The number of halogens is 1. The Morgan fingerprint density at radius 3 is 2.73 bits per heavy atom. The van der Waals surface area contributed by atoms with E-state index in [4.69, 9.17) is 9.47 Å². The van der Waals surface area contributed by atoms with E-state index >= 15 is 0 Å². The molecule has 0 amide bonds. The Kier molecular flexibility index (Phi) is 4.37. The van der Waals surface area contributed by atoms with E-state index in [-0.39, 0.29) is 6.61 Å². The van der Waals surface area contributed by atoms with Crippen LogP contribution in [0.4, 0.5) is 4.39 Å². The lowest BCUT2D eigenvalue weighted by Gasteiger charge is -2.13. The van der Waals surface area contributed by atoms with Gasteiger partial charge in [0.05, 0.1) is 13.2 Å². The summed E-state index contributed by atoms with van der Waals surface area (Å²) >= 11 is 0. The average Bonchev–Trinajstić information content (AvgIpc) is 2.25. The summed E-state index contributed by atoms with van der Waals surface area (Å²) in [5.74, 6) is 1.08. The van der Waals surface area contributed by atoms with Crippen molar-refractivity contribution in [1.29, 1.82) is 0 Å². The van der Waals surface area contributed by atoms with E-state index in [1.165, 1.54) is 7.11 Å². The van der Waals surface area contributed by atoms with Gasteiger partial charge in [0, 0.05) is 11.6 Å². The van der Waals surface area contributed by atoms with Gasteiger partial charge in [-0.2, -0.15) is 0 Å². The highest BCUT2D eigenvalue weighted by atomic mass is 19.1. The van der Waals surface area contributed by atoms with Crippen molar-refractivity contribution in [2.45, 2.75) is 13.0 Å². The third-order valence-electron chi connectivity index (χ3n) is 2.01.